The predicted molar refractivity (Wildman–Crippen MR) is 76.1 cm³/mol. The summed E-state index contributed by atoms with van der Waals surface area (Å²) in [5.74, 6) is -1.31. The maximum absolute atomic E-state index is 12.4. The molecule has 23 heavy (non-hydrogen) atoms. The molecule has 0 aliphatic carbocycles. The maximum atomic E-state index is 12.4. The van der Waals surface area contributed by atoms with E-state index < -0.39 is 35.0 Å². The molecule has 0 saturated carbocycles. The van der Waals surface area contributed by atoms with Crippen molar-refractivity contribution < 1.29 is 24.3 Å². The monoisotopic (exact) mass is 328 g/mol. The molecule has 2 rings (SSSR count). The van der Waals surface area contributed by atoms with E-state index in [1.54, 1.807) is 27.7 Å². The Labute approximate surface area is 132 Å². The molecule has 2 aliphatic rings. The largest absolute Gasteiger partial charge is 0.633 e. The summed E-state index contributed by atoms with van der Waals surface area (Å²) in [7, 11) is 0. The van der Waals surface area contributed by atoms with Crippen molar-refractivity contribution in [2.24, 2.45) is 5.29 Å². The highest BCUT2D eigenvalue weighted by molar-refractivity contribution is 6.01. The fourth-order valence-electron chi connectivity index (χ4n) is 3.24. The van der Waals surface area contributed by atoms with Crippen LogP contribution in [0.15, 0.2) is 5.29 Å². The molecule has 0 radical (unpaired) electrons. The lowest BCUT2D eigenvalue weighted by Crippen LogP contribution is -3.20. The molecule has 0 spiro atoms. The number of imide groups is 1. The second-order valence-electron chi connectivity index (χ2n) is 7.02. The van der Waals surface area contributed by atoms with Crippen LogP contribution in [0.4, 0.5) is 4.79 Å². The Morgan fingerprint density at radius 1 is 1.30 bits per heavy atom. The summed E-state index contributed by atoms with van der Waals surface area (Å²) in [6.07, 6.45) is -1.13. The van der Waals surface area contributed by atoms with Crippen LogP contribution in [0, 0.1) is 10.1 Å². The van der Waals surface area contributed by atoms with E-state index in [0.29, 0.717) is 10.1 Å². The fraction of sp³-hybridized carbons (Fsp3) is 0.769. The molecule has 1 N–H and O–H groups in total. The van der Waals surface area contributed by atoms with Crippen molar-refractivity contribution in [3.05, 3.63) is 10.1 Å². The van der Waals surface area contributed by atoms with Crippen LogP contribution in [-0.4, -0.2) is 45.1 Å². The first-order valence-electron chi connectivity index (χ1n) is 7.27. The fourth-order valence-corrected chi connectivity index (χ4v) is 3.24. The average Bonchev–Trinajstić information content (AvgIpc) is 2.84. The van der Waals surface area contributed by atoms with Crippen LogP contribution in [0.2, 0.25) is 0 Å². The Balaban J connectivity index is 2.19. The van der Waals surface area contributed by atoms with Crippen LogP contribution < -0.4 is 5.06 Å². The van der Waals surface area contributed by atoms with E-state index in [4.69, 9.17) is 4.84 Å². The topological polar surface area (TPSA) is 124 Å². The molecule has 10 nitrogen and oxygen atoms in total. The highest BCUT2D eigenvalue weighted by Crippen LogP contribution is 2.30. The van der Waals surface area contributed by atoms with Crippen molar-refractivity contribution in [3.63, 3.8) is 0 Å². The Hall–Kier alpha value is -2.07. The highest BCUT2D eigenvalue weighted by atomic mass is 16.7. The van der Waals surface area contributed by atoms with Crippen molar-refractivity contribution >= 4 is 17.9 Å². The van der Waals surface area contributed by atoms with Gasteiger partial charge in [-0.15, -0.1) is 9.97 Å². The molecule has 0 aromatic carbocycles. The third kappa shape index (κ3) is 2.79. The second-order valence-corrected chi connectivity index (χ2v) is 7.02. The molecular formula is C13H20N4O6. The summed E-state index contributed by atoms with van der Waals surface area (Å²) in [5, 5.41) is 15.8. The van der Waals surface area contributed by atoms with E-state index in [1.165, 1.54) is 0 Å². The van der Waals surface area contributed by atoms with E-state index in [-0.39, 0.29) is 24.3 Å². The summed E-state index contributed by atoms with van der Waals surface area (Å²) < 4.78 is 0. The SMILES string of the molecule is CC1(C)CC(N(N=O)C(=O)ON2C(=O)CCC2=O)C(C)(C)[NH+]1[O-]. The zero-order chi connectivity index (χ0) is 17.6. The summed E-state index contributed by atoms with van der Waals surface area (Å²) >= 11 is 0. The zero-order valence-electron chi connectivity index (χ0n) is 13.5. The van der Waals surface area contributed by atoms with E-state index in [9.17, 15) is 24.5 Å². The van der Waals surface area contributed by atoms with Gasteiger partial charge in [0, 0.05) is 19.3 Å². The standard InChI is InChI=1S/C13H20N4O6/c1-12(2)7-8(13(3,4)17(12)22)15(14-21)11(20)23-16-9(18)5-6-10(16)19/h8,17H,5-7H2,1-4H3. The van der Waals surface area contributed by atoms with Crippen LogP contribution in [-0.2, 0) is 14.4 Å². The molecule has 2 aliphatic heterocycles. The van der Waals surface area contributed by atoms with Crippen LogP contribution in [0.5, 0.6) is 0 Å². The van der Waals surface area contributed by atoms with Gasteiger partial charge in [-0.05, 0) is 27.7 Å². The van der Waals surface area contributed by atoms with Crippen LogP contribution in [0.25, 0.3) is 0 Å². The number of nitrogens with zero attached hydrogens (tertiary/aromatic N) is 3. The minimum atomic E-state index is -1.24. The second kappa shape index (κ2) is 5.53. The van der Waals surface area contributed by atoms with Crippen molar-refractivity contribution in [2.45, 2.75) is 64.1 Å². The minimum absolute atomic E-state index is 0.0545. The minimum Gasteiger partial charge on any atom is -0.633 e. The van der Waals surface area contributed by atoms with Gasteiger partial charge in [-0.3, -0.25) is 9.59 Å². The summed E-state index contributed by atoms with van der Waals surface area (Å²) in [6, 6.07) is -0.817. The number of amides is 3. The first kappa shape index (κ1) is 17.3. The number of hydrogen-bond acceptors (Lipinski definition) is 7. The number of hydroxylamine groups is 4. The van der Waals surface area contributed by atoms with E-state index in [2.05, 4.69) is 5.29 Å². The molecule has 10 heteroatoms. The lowest BCUT2D eigenvalue weighted by atomic mass is 9.94. The van der Waals surface area contributed by atoms with Crippen molar-refractivity contribution in [1.82, 2.24) is 10.1 Å². The molecule has 0 aromatic heterocycles. The molecule has 2 atom stereocenters. The van der Waals surface area contributed by atoms with Gasteiger partial charge in [-0.1, -0.05) is 0 Å². The molecule has 2 unspecified atom stereocenters. The molecular weight excluding hydrogens is 308 g/mol. The highest BCUT2D eigenvalue weighted by Gasteiger charge is 2.57. The van der Waals surface area contributed by atoms with Crippen molar-refractivity contribution in [2.75, 3.05) is 0 Å². The molecule has 2 fully saturated rings. The Morgan fingerprint density at radius 3 is 2.22 bits per heavy atom. The summed E-state index contributed by atoms with van der Waals surface area (Å²) in [4.78, 5) is 51.0. The number of carbonyl (C=O) groups excluding carboxylic acids is 3. The van der Waals surface area contributed by atoms with E-state index in [0.717, 1.165) is 0 Å². The van der Waals surface area contributed by atoms with Gasteiger partial charge in [0.2, 0.25) is 0 Å². The van der Waals surface area contributed by atoms with Crippen LogP contribution in [0.3, 0.4) is 0 Å². The molecule has 128 valence electrons. The van der Waals surface area contributed by atoms with Gasteiger partial charge in [0.25, 0.3) is 11.8 Å². The van der Waals surface area contributed by atoms with E-state index >= 15 is 0 Å². The number of hydrogen-bond donors (Lipinski definition) is 1. The molecule has 3 amide bonds. The number of rotatable bonds is 3. The Morgan fingerprint density at radius 2 is 1.83 bits per heavy atom. The quantitative estimate of drug-likeness (QED) is 0.333. The first-order valence-corrected chi connectivity index (χ1v) is 7.27. The molecule has 2 saturated heterocycles. The molecule has 0 aromatic rings. The van der Waals surface area contributed by atoms with Gasteiger partial charge in [0.15, 0.2) is 0 Å². The van der Waals surface area contributed by atoms with Gasteiger partial charge < -0.3 is 15.1 Å². The smallest absolute Gasteiger partial charge is 0.458 e. The first-order chi connectivity index (χ1) is 10.5. The van der Waals surface area contributed by atoms with Gasteiger partial charge in [-0.2, -0.15) is 5.01 Å². The Bertz CT molecular complexity index is 545. The zero-order valence-corrected chi connectivity index (χ0v) is 13.5. The van der Waals surface area contributed by atoms with Gasteiger partial charge in [-0.25, -0.2) is 4.79 Å². The van der Waals surface area contributed by atoms with Crippen LogP contribution in [0.1, 0.15) is 47.0 Å². The molecule has 0 bridgehead atoms. The summed E-state index contributed by atoms with van der Waals surface area (Å²) in [5.41, 5.74) is -1.73. The van der Waals surface area contributed by atoms with Gasteiger partial charge >= 0.3 is 6.09 Å². The number of nitroso groups, excluding NO2 is 1. The normalized spacial score (nSPS) is 28.8. The number of quaternary nitrogens is 1. The van der Waals surface area contributed by atoms with Crippen molar-refractivity contribution in [1.29, 1.82) is 0 Å². The van der Waals surface area contributed by atoms with Gasteiger partial charge in [0.05, 0.1) is 10.8 Å². The lowest BCUT2D eigenvalue weighted by molar-refractivity contribution is -0.933. The predicted octanol–water partition coefficient (Wildman–Crippen LogP) is -0.117. The molecule has 2 heterocycles. The third-order valence-electron chi connectivity index (χ3n) is 4.48. The average molecular weight is 328 g/mol. The van der Waals surface area contributed by atoms with Gasteiger partial charge in [0.1, 0.15) is 11.6 Å². The number of carbonyl (C=O) groups is 3. The third-order valence-corrected chi connectivity index (χ3v) is 4.48. The maximum Gasteiger partial charge on any atom is 0.458 e. The van der Waals surface area contributed by atoms with Crippen LogP contribution >= 0.6 is 0 Å². The Kier molecular flexibility index (Phi) is 4.16. The number of nitrogens with one attached hydrogen (secondary N) is 1. The van der Waals surface area contributed by atoms with E-state index in [1.807, 2.05) is 0 Å². The lowest BCUT2D eigenvalue weighted by Gasteiger charge is -2.41. The summed E-state index contributed by atoms with van der Waals surface area (Å²) in [6.45, 7) is 6.68. The van der Waals surface area contributed by atoms with Crippen molar-refractivity contribution in [3.8, 4) is 0 Å².